The Kier molecular flexibility index (Phi) is 3.11. The van der Waals surface area contributed by atoms with Gasteiger partial charge in [-0.1, -0.05) is 6.42 Å². The van der Waals surface area contributed by atoms with Crippen molar-refractivity contribution in [3.63, 3.8) is 0 Å². The maximum absolute atomic E-state index is 6.11. The molecule has 5 nitrogen and oxygen atoms in total. The standard InChI is InChI=1S/C12H21N5/c13-11-3-1-2-10(11)4-5-16-6-7-17-9-14-15-12(17)8-16/h9-11H,1-8,13H2. The lowest BCUT2D eigenvalue weighted by molar-refractivity contribution is 0.199. The highest BCUT2D eigenvalue weighted by atomic mass is 15.3. The molecule has 1 fully saturated rings. The zero-order chi connectivity index (χ0) is 11.7. The van der Waals surface area contributed by atoms with E-state index >= 15 is 0 Å². The summed E-state index contributed by atoms with van der Waals surface area (Å²) < 4.78 is 2.15. The van der Waals surface area contributed by atoms with Crippen molar-refractivity contribution >= 4 is 0 Å². The number of hydrogen-bond donors (Lipinski definition) is 1. The summed E-state index contributed by atoms with van der Waals surface area (Å²) in [6, 6.07) is 0.448. The van der Waals surface area contributed by atoms with Crippen LogP contribution in [0.15, 0.2) is 6.33 Å². The Morgan fingerprint density at radius 3 is 3.12 bits per heavy atom. The summed E-state index contributed by atoms with van der Waals surface area (Å²) in [7, 11) is 0. The fourth-order valence-electron chi connectivity index (χ4n) is 3.08. The second-order valence-electron chi connectivity index (χ2n) is 5.36. The second-order valence-corrected chi connectivity index (χ2v) is 5.36. The number of nitrogens with zero attached hydrogens (tertiary/aromatic N) is 4. The molecule has 0 saturated heterocycles. The lowest BCUT2D eigenvalue weighted by atomic mass is 10.00. The van der Waals surface area contributed by atoms with Crippen LogP contribution in [0.4, 0.5) is 0 Å². The predicted octanol–water partition coefficient (Wildman–Crippen LogP) is 0.611. The van der Waals surface area contributed by atoms with E-state index in [4.69, 9.17) is 5.73 Å². The number of fused-ring (bicyclic) bond motifs is 1. The molecule has 0 radical (unpaired) electrons. The highest BCUT2D eigenvalue weighted by molar-refractivity contribution is 4.90. The molecule has 2 heterocycles. The van der Waals surface area contributed by atoms with Gasteiger partial charge in [0.1, 0.15) is 12.2 Å². The van der Waals surface area contributed by atoms with E-state index in [1.165, 1.54) is 25.7 Å². The van der Waals surface area contributed by atoms with Gasteiger partial charge < -0.3 is 10.3 Å². The summed E-state index contributed by atoms with van der Waals surface area (Å²) in [5.74, 6) is 1.85. The number of aromatic nitrogens is 3. The van der Waals surface area contributed by atoms with E-state index in [0.717, 1.165) is 37.9 Å². The first kappa shape index (κ1) is 11.2. The first-order valence-electron chi connectivity index (χ1n) is 6.67. The molecule has 0 amide bonds. The van der Waals surface area contributed by atoms with E-state index in [2.05, 4.69) is 19.7 Å². The highest BCUT2D eigenvalue weighted by Gasteiger charge is 2.25. The van der Waals surface area contributed by atoms with Crippen LogP contribution in [0.3, 0.4) is 0 Å². The van der Waals surface area contributed by atoms with E-state index in [-0.39, 0.29) is 0 Å². The molecule has 1 aliphatic heterocycles. The van der Waals surface area contributed by atoms with E-state index < -0.39 is 0 Å². The molecule has 2 atom stereocenters. The van der Waals surface area contributed by atoms with Crippen LogP contribution in [0.5, 0.6) is 0 Å². The van der Waals surface area contributed by atoms with Gasteiger partial charge in [-0.2, -0.15) is 0 Å². The monoisotopic (exact) mass is 235 g/mol. The molecule has 1 aliphatic carbocycles. The molecule has 2 N–H and O–H groups in total. The first-order chi connectivity index (χ1) is 8.33. The lowest BCUT2D eigenvalue weighted by Crippen LogP contribution is -2.36. The van der Waals surface area contributed by atoms with Crippen molar-refractivity contribution in [2.75, 3.05) is 13.1 Å². The SMILES string of the molecule is NC1CCCC1CCN1CCn2cnnc2C1. The third kappa shape index (κ3) is 2.35. The lowest BCUT2D eigenvalue weighted by Gasteiger charge is -2.28. The van der Waals surface area contributed by atoms with E-state index in [1.807, 2.05) is 6.33 Å². The fraction of sp³-hybridized carbons (Fsp3) is 0.833. The van der Waals surface area contributed by atoms with Crippen molar-refractivity contribution in [1.29, 1.82) is 0 Å². The molecular formula is C12H21N5. The van der Waals surface area contributed by atoms with Crippen molar-refractivity contribution in [2.45, 2.75) is 44.8 Å². The van der Waals surface area contributed by atoms with E-state index in [0.29, 0.717) is 6.04 Å². The average molecular weight is 235 g/mol. The predicted molar refractivity (Wildman–Crippen MR) is 65.2 cm³/mol. The third-order valence-electron chi connectivity index (χ3n) is 4.25. The van der Waals surface area contributed by atoms with Crippen LogP contribution in [-0.4, -0.2) is 38.8 Å². The van der Waals surface area contributed by atoms with Crippen molar-refractivity contribution in [3.8, 4) is 0 Å². The molecule has 3 rings (SSSR count). The van der Waals surface area contributed by atoms with Crippen molar-refractivity contribution in [3.05, 3.63) is 12.2 Å². The molecule has 94 valence electrons. The van der Waals surface area contributed by atoms with Gasteiger partial charge >= 0.3 is 0 Å². The van der Waals surface area contributed by atoms with Crippen LogP contribution < -0.4 is 5.73 Å². The summed E-state index contributed by atoms with van der Waals surface area (Å²) in [4.78, 5) is 2.48. The molecular weight excluding hydrogens is 214 g/mol. The van der Waals surface area contributed by atoms with Crippen LogP contribution in [0, 0.1) is 5.92 Å². The quantitative estimate of drug-likeness (QED) is 0.834. The van der Waals surface area contributed by atoms with Gasteiger partial charge in [-0.3, -0.25) is 4.90 Å². The molecule has 1 aromatic rings. The zero-order valence-electron chi connectivity index (χ0n) is 10.3. The Bertz CT molecular complexity index is 375. The van der Waals surface area contributed by atoms with Gasteiger partial charge in [0.05, 0.1) is 6.54 Å². The van der Waals surface area contributed by atoms with Gasteiger partial charge in [0.25, 0.3) is 0 Å². The molecule has 1 aromatic heterocycles. The summed E-state index contributed by atoms with van der Waals surface area (Å²) in [5.41, 5.74) is 6.11. The number of nitrogens with two attached hydrogens (primary N) is 1. The van der Waals surface area contributed by atoms with E-state index in [9.17, 15) is 0 Å². The number of hydrogen-bond acceptors (Lipinski definition) is 4. The van der Waals surface area contributed by atoms with E-state index in [1.54, 1.807) is 0 Å². The Labute approximate surface area is 102 Å². The summed E-state index contributed by atoms with van der Waals surface area (Å²) in [6.07, 6.45) is 6.94. The average Bonchev–Trinajstić information content (AvgIpc) is 2.94. The first-order valence-corrected chi connectivity index (χ1v) is 6.67. The van der Waals surface area contributed by atoms with Crippen molar-refractivity contribution in [2.24, 2.45) is 11.7 Å². The minimum absolute atomic E-state index is 0.448. The van der Waals surface area contributed by atoms with Crippen LogP contribution in [-0.2, 0) is 13.1 Å². The third-order valence-corrected chi connectivity index (χ3v) is 4.25. The normalized spacial score (nSPS) is 29.5. The highest BCUT2D eigenvalue weighted by Crippen LogP contribution is 2.27. The maximum atomic E-state index is 6.11. The van der Waals surface area contributed by atoms with Gasteiger partial charge in [0.15, 0.2) is 0 Å². The van der Waals surface area contributed by atoms with Crippen molar-refractivity contribution in [1.82, 2.24) is 19.7 Å². The molecule has 2 aliphatic rings. The second kappa shape index (κ2) is 4.74. The Hall–Kier alpha value is -0.940. The Morgan fingerprint density at radius 1 is 1.35 bits per heavy atom. The molecule has 5 heteroatoms. The Morgan fingerprint density at radius 2 is 2.29 bits per heavy atom. The molecule has 0 aromatic carbocycles. The van der Waals surface area contributed by atoms with Crippen molar-refractivity contribution < 1.29 is 0 Å². The van der Waals surface area contributed by atoms with Crippen LogP contribution in [0.1, 0.15) is 31.5 Å². The largest absolute Gasteiger partial charge is 0.327 e. The van der Waals surface area contributed by atoms with Gasteiger partial charge in [-0.05, 0) is 31.7 Å². The summed E-state index contributed by atoms with van der Waals surface area (Å²) >= 11 is 0. The van der Waals surface area contributed by atoms with Crippen LogP contribution in [0.2, 0.25) is 0 Å². The molecule has 0 bridgehead atoms. The maximum Gasteiger partial charge on any atom is 0.147 e. The van der Waals surface area contributed by atoms with Gasteiger partial charge in [0.2, 0.25) is 0 Å². The summed E-state index contributed by atoms with van der Waals surface area (Å²) in [5, 5.41) is 8.10. The van der Waals surface area contributed by atoms with Gasteiger partial charge in [-0.25, -0.2) is 0 Å². The molecule has 17 heavy (non-hydrogen) atoms. The van der Waals surface area contributed by atoms with Crippen LogP contribution >= 0.6 is 0 Å². The molecule has 1 saturated carbocycles. The topological polar surface area (TPSA) is 60.0 Å². The fourth-order valence-corrected chi connectivity index (χ4v) is 3.08. The van der Waals surface area contributed by atoms with Gasteiger partial charge in [0, 0.05) is 19.1 Å². The minimum Gasteiger partial charge on any atom is -0.327 e. The zero-order valence-corrected chi connectivity index (χ0v) is 10.3. The molecule has 2 unspecified atom stereocenters. The smallest absolute Gasteiger partial charge is 0.147 e. The summed E-state index contributed by atoms with van der Waals surface area (Å²) in [6.45, 7) is 4.25. The number of rotatable bonds is 3. The minimum atomic E-state index is 0.448. The Balaban J connectivity index is 1.51. The molecule has 0 spiro atoms. The van der Waals surface area contributed by atoms with Gasteiger partial charge in [-0.15, -0.1) is 10.2 Å². The van der Waals surface area contributed by atoms with Crippen LogP contribution in [0.25, 0.3) is 0 Å².